The van der Waals surface area contributed by atoms with E-state index in [1.807, 2.05) is 0 Å². The number of rotatable bonds is 4. The second-order valence-corrected chi connectivity index (χ2v) is 8.00. The Balaban J connectivity index is 0.00000210. The van der Waals surface area contributed by atoms with Gasteiger partial charge in [-0.05, 0) is 37.3 Å². The molecule has 1 atom stereocenters. The molecule has 0 aliphatic carbocycles. The second-order valence-electron chi connectivity index (χ2n) is 8.00. The van der Waals surface area contributed by atoms with E-state index in [-0.39, 0.29) is 24.0 Å². The number of aliphatic imine (C=N–C) groups is 1. The normalized spacial score (nSPS) is 25.5. The van der Waals surface area contributed by atoms with Gasteiger partial charge in [-0.2, -0.15) is 0 Å². The minimum absolute atomic E-state index is 0. The molecule has 2 fully saturated rings. The molecule has 27 heavy (non-hydrogen) atoms. The molecular formula is C21H33IN4O. The molecule has 0 aromatic heterocycles. The molecule has 1 aromatic rings. The summed E-state index contributed by atoms with van der Waals surface area (Å²) in [5.41, 5.74) is 3.38. The number of hydrogen-bond donors (Lipinski definition) is 1. The number of halogens is 1. The van der Waals surface area contributed by atoms with Crippen LogP contribution in [0.15, 0.2) is 29.3 Å². The van der Waals surface area contributed by atoms with Crippen molar-refractivity contribution in [3.63, 3.8) is 0 Å². The van der Waals surface area contributed by atoms with Crippen LogP contribution in [-0.4, -0.2) is 68.2 Å². The highest BCUT2D eigenvalue weighted by atomic mass is 127. The molecule has 3 aliphatic heterocycles. The summed E-state index contributed by atoms with van der Waals surface area (Å²) in [4.78, 5) is 9.93. The summed E-state index contributed by atoms with van der Waals surface area (Å²) in [6.07, 6.45) is 3.60. The molecule has 1 unspecified atom stereocenters. The zero-order valence-electron chi connectivity index (χ0n) is 16.5. The minimum Gasteiger partial charge on any atom is -0.381 e. The van der Waals surface area contributed by atoms with Crippen LogP contribution in [0.2, 0.25) is 0 Å². The van der Waals surface area contributed by atoms with Gasteiger partial charge in [-0.15, -0.1) is 24.0 Å². The number of nitrogens with zero attached hydrogens (tertiary/aromatic N) is 3. The van der Waals surface area contributed by atoms with Gasteiger partial charge in [0.25, 0.3) is 0 Å². The Bertz CT molecular complexity index is 645. The van der Waals surface area contributed by atoms with Crippen molar-refractivity contribution in [3.05, 3.63) is 35.4 Å². The summed E-state index contributed by atoms with van der Waals surface area (Å²) >= 11 is 0. The Morgan fingerprint density at radius 3 is 2.85 bits per heavy atom. The van der Waals surface area contributed by atoms with E-state index in [2.05, 4.69) is 46.3 Å². The molecule has 1 spiro atoms. The van der Waals surface area contributed by atoms with Gasteiger partial charge in [0.15, 0.2) is 5.96 Å². The van der Waals surface area contributed by atoms with E-state index in [1.54, 1.807) is 0 Å². The third kappa shape index (κ3) is 4.95. The van der Waals surface area contributed by atoms with Gasteiger partial charge in [0.2, 0.25) is 0 Å². The van der Waals surface area contributed by atoms with Crippen molar-refractivity contribution in [1.82, 2.24) is 15.1 Å². The van der Waals surface area contributed by atoms with Crippen molar-refractivity contribution in [2.24, 2.45) is 10.4 Å². The van der Waals surface area contributed by atoms with E-state index < -0.39 is 0 Å². The molecule has 1 N–H and O–H groups in total. The highest BCUT2D eigenvalue weighted by Gasteiger charge is 2.42. The molecular weight excluding hydrogens is 451 g/mol. The van der Waals surface area contributed by atoms with Crippen molar-refractivity contribution in [3.8, 4) is 0 Å². The number of fused-ring (bicyclic) bond motifs is 1. The van der Waals surface area contributed by atoms with E-state index in [0.29, 0.717) is 5.41 Å². The predicted octanol–water partition coefficient (Wildman–Crippen LogP) is 2.74. The SMILES string of the molecule is CCNC(=NCCN1CCc2ccccc2C1)N1CCC2(CCOC2)C1.I. The van der Waals surface area contributed by atoms with Crippen molar-refractivity contribution in [1.29, 1.82) is 0 Å². The van der Waals surface area contributed by atoms with Gasteiger partial charge in [0, 0.05) is 51.3 Å². The fraction of sp³-hybridized carbons (Fsp3) is 0.667. The first-order chi connectivity index (χ1) is 12.8. The van der Waals surface area contributed by atoms with Crippen LogP contribution in [0.5, 0.6) is 0 Å². The average Bonchev–Trinajstić information content (AvgIpc) is 3.31. The Morgan fingerprint density at radius 2 is 2.07 bits per heavy atom. The van der Waals surface area contributed by atoms with Crippen molar-refractivity contribution < 1.29 is 4.74 Å². The molecule has 1 aromatic carbocycles. The van der Waals surface area contributed by atoms with Crippen LogP contribution in [0.4, 0.5) is 0 Å². The van der Waals surface area contributed by atoms with Gasteiger partial charge in [-0.1, -0.05) is 24.3 Å². The standard InChI is InChI=1S/C21H32N4O.HI/c1-2-22-20(25-12-8-21(16-25)9-14-26-17-21)23-10-13-24-11-7-18-5-3-4-6-19(18)15-24;/h3-6H,2,7-17H2,1H3,(H,22,23);1H. The fourth-order valence-electron chi connectivity index (χ4n) is 4.56. The molecule has 3 aliphatic rings. The summed E-state index contributed by atoms with van der Waals surface area (Å²) in [6.45, 7) is 11.2. The van der Waals surface area contributed by atoms with Gasteiger partial charge in [0.1, 0.15) is 0 Å². The lowest BCUT2D eigenvalue weighted by atomic mass is 9.87. The fourth-order valence-corrected chi connectivity index (χ4v) is 4.56. The number of ether oxygens (including phenoxy) is 1. The van der Waals surface area contributed by atoms with E-state index in [0.717, 1.165) is 71.4 Å². The highest BCUT2D eigenvalue weighted by Crippen LogP contribution is 2.38. The Hall–Kier alpha value is -0.860. The Morgan fingerprint density at radius 1 is 1.22 bits per heavy atom. The third-order valence-electron chi connectivity index (χ3n) is 6.15. The minimum atomic E-state index is 0. The van der Waals surface area contributed by atoms with Crippen molar-refractivity contribution in [2.75, 3.05) is 52.5 Å². The van der Waals surface area contributed by atoms with E-state index in [4.69, 9.17) is 9.73 Å². The Kier molecular flexibility index (Phi) is 7.39. The van der Waals surface area contributed by atoms with Crippen LogP contribution in [0.1, 0.15) is 30.9 Å². The summed E-state index contributed by atoms with van der Waals surface area (Å²) in [6, 6.07) is 8.84. The topological polar surface area (TPSA) is 40.1 Å². The van der Waals surface area contributed by atoms with Gasteiger partial charge in [-0.3, -0.25) is 9.89 Å². The zero-order chi connectivity index (χ0) is 17.8. The Labute approximate surface area is 180 Å². The lowest BCUT2D eigenvalue weighted by Crippen LogP contribution is -2.42. The van der Waals surface area contributed by atoms with Crippen LogP contribution in [0.3, 0.4) is 0 Å². The van der Waals surface area contributed by atoms with Crippen molar-refractivity contribution >= 4 is 29.9 Å². The van der Waals surface area contributed by atoms with Crippen LogP contribution >= 0.6 is 24.0 Å². The summed E-state index contributed by atoms with van der Waals surface area (Å²) in [7, 11) is 0. The molecule has 3 heterocycles. The number of guanidine groups is 1. The zero-order valence-corrected chi connectivity index (χ0v) is 18.8. The molecule has 0 bridgehead atoms. The van der Waals surface area contributed by atoms with Gasteiger partial charge < -0.3 is 15.0 Å². The molecule has 5 nitrogen and oxygen atoms in total. The molecule has 4 rings (SSSR count). The van der Waals surface area contributed by atoms with Crippen molar-refractivity contribution in [2.45, 2.75) is 32.7 Å². The lowest BCUT2D eigenvalue weighted by Gasteiger charge is -2.28. The average molecular weight is 484 g/mol. The first kappa shape index (κ1) is 20.9. The summed E-state index contributed by atoms with van der Waals surface area (Å²) in [5, 5.41) is 3.50. The first-order valence-corrected chi connectivity index (χ1v) is 10.2. The number of hydrogen-bond acceptors (Lipinski definition) is 3. The van der Waals surface area contributed by atoms with Gasteiger partial charge >= 0.3 is 0 Å². The van der Waals surface area contributed by atoms with Crippen LogP contribution in [0.25, 0.3) is 0 Å². The summed E-state index contributed by atoms with van der Waals surface area (Å²) < 4.78 is 5.67. The largest absolute Gasteiger partial charge is 0.381 e. The number of likely N-dealkylation sites (tertiary alicyclic amines) is 1. The molecule has 6 heteroatoms. The summed E-state index contributed by atoms with van der Waals surface area (Å²) in [5.74, 6) is 1.09. The predicted molar refractivity (Wildman–Crippen MR) is 121 cm³/mol. The highest BCUT2D eigenvalue weighted by molar-refractivity contribution is 14.0. The second kappa shape index (κ2) is 9.56. The molecule has 0 saturated carbocycles. The van der Waals surface area contributed by atoms with E-state index >= 15 is 0 Å². The van der Waals surface area contributed by atoms with E-state index in [9.17, 15) is 0 Å². The van der Waals surface area contributed by atoms with Gasteiger partial charge in [-0.25, -0.2) is 0 Å². The smallest absolute Gasteiger partial charge is 0.193 e. The molecule has 0 radical (unpaired) electrons. The third-order valence-corrected chi connectivity index (χ3v) is 6.15. The van der Waals surface area contributed by atoms with Gasteiger partial charge in [0.05, 0.1) is 13.2 Å². The number of nitrogens with one attached hydrogen (secondary N) is 1. The number of benzene rings is 1. The maximum atomic E-state index is 5.67. The monoisotopic (exact) mass is 484 g/mol. The van der Waals surface area contributed by atoms with Crippen LogP contribution in [0, 0.1) is 5.41 Å². The van der Waals surface area contributed by atoms with Crippen LogP contribution in [-0.2, 0) is 17.7 Å². The van der Waals surface area contributed by atoms with Crippen LogP contribution < -0.4 is 5.32 Å². The van der Waals surface area contributed by atoms with E-state index in [1.165, 1.54) is 24.0 Å². The first-order valence-electron chi connectivity index (χ1n) is 10.2. The molecule has 150 valence electrons. The quantitative estimate of drug-likeness (QED) is 0.406. The maximum absolute atomic E-state index is 5.67. The maximum Gasteiger partial charge on any atom is 0.193 e. The lowest BCUT2D eigenvalue weighted by molar-refractivity contribution is 0.156. The molecule has 0 amide bonds. The molecule has 2 saturated heterocycles.